The lowest BCUT2D eigenvalue weighted by Crippen LogP contribution is -2.48. The zero-order valence-electron chi connectivity index (χ0n) is 12.8. The minimum Gasteiger partial charge on any atom is -0.393 e. The summed E-state index contributed by atoms with van der Waals surface area (Å²) < 4.78 is 0. The van der Waals surface area contributed by atoms with E-state index < -0.39 is 18.3 Å². The summed E-state index contributed by atoms with van der Waals surface area (Å²) in [6.45, 7) is 6.38. The monoisotopic (exact) mass is 286 g/mol. The lowest BCUT2D eigenvalue weighted by molar-refractivity contribution is -0.119. The van der Waals surface area contributed by atoms with Gasteiger partial charge in [0.05, 0.1) is 18.3 Å². The Kier molecular flexibility index (Phi) is 5.11. The molecule has 118 valence electrons. The predicted octanol–water partition coefficient (Wildman–Crippen LogP) is 1.16. The highest BCUT2D eigenvalue weighted by atomic mass is 16.4. The highest BCUT2D eigenvalue weighted by molar-refractivity contribution is 4.92. The summed E-state index contributed by atoms with van der Waals surface area (Å²) in [5.74, 6) is 1.54. The average molecular weight is 286 g/mol. The number of hydrogen-bond acceptors (Lipinski definition) is 4. The normalized spacial score (nSPS) is 53.9. The predicted molar refractivity (Wildman–Crippen MR) is 77.0 cm³/mol. The van der Waals surface area contributed by atoms with E-state index in [9.17, 15) is 20.4 Å². The maximum atomic E-state index is 10.1. The number of hydrogen-bond donors (Lipinski definition) is 4. The summed E-state index contributed by atoms with van der Waals surface area (Å²) in [4.78, 5) is 0. The largest absolute Gasteiger partial charge is 0.393 e. The Balaban J connectivity index is 1.99. The Morgan fingerprint density at radius 3 is 2.05 bits per heavy atom. The van der Waals surface area contributed by atoms with Gasteiger partial charge < -0.3 is 20.4 Å². The van der Waals surface area contributed by atoms with Crippen LogP contribution in [0.15, 0.2) is 0 Å². The molecule has 2 saturated carbocycles. The Morgan fingerprint density at radius 1 is 0.750 bits per heavy atom. The third kappa shape index (κ3) is 3.03. The number of aliphatic hydroxyl groups excluding tert-OH is 4. The molecule has 0 spiro atoms. The van der Waals surface area contributed by atoms with E-state index in [1.165, 1.54) is 0 Å². The topological polar surface area (TPSA) is 80.9 Å². The fraction of sp³-hybridized carbons (Fsp3) is 1.00. The summed E-state index contributed by atoms with van der Waals surface area (Å²) >= 11 is 0. The first kappa shape index (κ1) is 16.2. The van der Waals surface area contributed by atoms with Crippen LogP contribution in [-0.2, 0) is 0 Å². The molecule has 0 aromatic carbocycles. The van der Waals surface area contributed by atoms with Crippen molar-refractivity contribution in [2.45, 2.75) is 70.9 Å². The number of rotatable bonds is 2. The lowest BCUT2D eigenvalue weighted by atomic mass is 9.64. The van der Waals surface area contributed by atoms with Gasteiger partial charge in [0.2, 0.25) is 0 Å². The van der Waals surface area contributed by atoms with Crippen LogP contribution in [0.3, 0.4) is 0 Å². The first-order chi connectivity index (χ1) is 9.32. The molecule has 2 fully saturated rings. The van der Waals surface area contributed by atoms with E-state index in [-0.39, 0.29) is 17.9 Å². The smallest absolute Gasteiger partial charge is 0.106 e. The second-order valence-corrected chi connectivity index (χ2v) is 7.30. The molecule has 4 heteroatoms. The van der Waals surface area contributed by atoms with E-state index >= 15 is 0 Å². The van der Waals surface area contributed by atoms with Gasteiger partial charge in [0.15, 0.2) is 0 Å². The molecule has 0 heterocycles. The van der Waals surface area contributed by atoms with Crippen LogP contribution in [0.4, 0.5) is 0 Å². The van der Waals surface area contributed by atoms with Gasteiger partial charge in [0.1, 0.15) is 6.10 Å². The fourth-order valence-corrected chi connectivity index (χ4v) is 4.28. The highest BCUT2D eigenvalue weighted by Gasteiger charge is 2.42. The molecule has 2 aliphatic rings. The van der Waals surface area contributed by atoms with E-state index in [0.717, 1.165) is 19.3 Å². The fourth-order valence-electron chi connectivity index (χ4n) is 4.28. The van der Waals surface area contributed by atoms with Gasteiger partial charge in [0.25, 0.3) is 0 Å². The molecule has 0 aliphatic heterocycles. The van der Waals surface area contributed by atoms with Crippen molar-refractivity contribution >= 4 is 0 Å². The van der Waals surface area contributed by atoms with Crippen molar-refractivity contribution in [3.63, 3.8) is 0 Å². The van der Waals surface area contributed by atoms with E-state index in [2.05, 4.69) is 20.8 Å². The third-order valence-corrected chi connectivity index (χ3v) is 6.04. The van der Waals surface area contributed by atoms with E-state index in [4.69, 9.17) is 0 Å². The van der Waals surface area contributed by atoms with Crippen LogP contribution in [-0.4, -0.2) is 44.8 Å². The van der Waals surface area contributed by atoms with Gasteiger partial charge in [-0.2, -0.15) is 0 Å². The van der Waals surface area contributed by atoms with Gasteiger partial charge in [-0.1, -0.05) is 20.8 Å². The van der Waals surface area contributed by atoms with Crippen molar-refractivity contribution in [2.75, 3.05) is 0 Å². The zero-order valence-corrected chi connectivity index (χ0v) is 12.8. The van der Waals surface area contributed by atoms with Gasteiger partial charge in [-0.25, -0.2) is 0 Å². The quantitative estimate of drug-likeness (QED) is 0.614. The van der Waals surface area contributed by atoms with Crippen molar-refractivity contribution in [3.8, 4) is 0 Å². The van der Waals surface area contributed by atoms with E-state index in [1.54, 1.807) is 0 Å². The summed E-state index contributed by atoms with van der Waals surface area (Å²) in [5, 5.41) is 39.7. The van der Waals surface area contributed by atoms with Gasteiger partial charge in [0, 0.05) is 0 Å². The Labute approximate surface area is 121 Å². The molecule has 2 aliphatic carbocycles. The molecule has 0 radical (unpaired) electrons. The molecule has 0 amide bonds. The first-order valence-electron chi connectivity index (χ1n) is 8.05. The molecular weight excluding hydrogens is 256 g/mol. The molecule has 0 aromatic rings. The maximum Gasteiger partial charge on any atom is 0.106 e. The summed E-state index contributed by atoms with van der Waals surface area (Å²) in [7, 11) is 0. The molecular formula is C16H30O4. The van der Waals surface area contributed by atoms with Gasteiger partial charge >= 0.3 is 0 Å². The molecule has 0 aromatic heterocycles. The van der Waals surface area contributed by atoms with Crippen LogP contribution >= 0.6 is 0 Å². The second-order valence-electron chi connectivity index (χ2n) is 7.30. The average Bonchev–Trinajstić information content (AvgIpc) is 2.42. The Hall–Kier alpha value is -0.160. The molecule has 9 unspecified atom stereocenters. The van der Waals surface area contributed by atoms with E-state index in [1.807, 2.05) is 0 Å². The van der Waals surface area contributed by atoms with Crippen LogP contribution in [0.25, 0.3) is 0 Å². The van der Waals surface area contributed by atoms with Crippen LogP contribution in [0.1, 0.15) is 46.5 Å². The van der Waals surface area contributed by atoms with Crippen molar-refractivity contribution < 1.29 is 20.4 Å². The van der Waals surface area contributed by atoms with Crippen LogP contribution in [0.2, 0.25) is 0 Å². The second kappa shape index (κ2) is 6.30. The first-order valence-corrected chi connectivity index (χ1v) is 8.05. The van der Waals surface area contributed by atoms with Crippen molar-refractivity contribution in [1.82, 2.24) is 0 Å². The molecule has 9 atom stereocenters. The van der Waals surface area contributed by atoms with E-state index in [0.29, 0.717) is 24.2 Å². The summed E-state index contributed by atoms with van der Waals surface area (Å²) in [6, 6.07) is 0. The number of aliphatic hydroxyl groups is 4. The molecule has 4 nitrogen and oxygen atoms in total. The molecule has 2 rings (SSSR count). The summed E-state index contributed by atoms with van der Waals surface area (Å²) in [5.41, 5.74) is 0. The zero-order chi connectivity index (χ0) is 15.0. The molecule has 4 N–H and O–H groups in total. The SMILES string of the molecule is CC1CC(CC2CCC(O)C(O)C2O)C(C)C(C)C1O. The van der Waals surface area contributed by atoms with Gasteiger partial charge in [-0.15, -0.1) is 0 Å². The third-order valence-electron chi connectivity index (χ3n) is 6.04. The van der Waals surface area contributed by atoms with Crippen LogP contribution in [0.5, 0.6) is 0 Å². The van der Waals surface area contributed by atoms with Gasteiger partial charge in [-0.05, 0) is 55.3 Å². The molecule has 0 saturated heterocycles. The summed E-state index contributed by atoms with van der Waals surface area (Å²) in [6.07, 6.45) is 0.361. The molecule has 0 bridgehead atoms. The van der Waals surface area contributed by atoms with Crippen molar-refractivity contribution in [2.24, 2.45) is 29.6 Å². The Bertz CT molecular complexity index is 322. The standard InChI is InChI=1S/C16H30O4/c1-8-6-12(9(2)10(3)14(8)18)7-11-4-5-13(17)16(20)15(11)19/h8-20H,4-7H2,1-3H3. The molecule has 20 heavy (non-hydrogen) atoms. The highest BCUT2D eigenvalue weighted by Crippen LogP contribution is 2.43. The van der Waals surface area contributed by atoms with Gasteiger partial charge in [-0.3, -0.25) is 0 Å². The maximum absolute atomic E-state index is 10.1. The Morgan fingerprint density at radius 2 is 1.40 bits per heavy atom. The van der Waals surface area contributed by atoms with Crippen LogP contribution < -0.4 is 0 Å². The van der Waals surface area contributed by atoms with Crippen LogP contribution in [0, 0.1) is 29.6 Å². The van der Waals surface area contributed by atoms with Crippen molar-refractivity contribution in [3.05, 3.63) is 0 Å². The minimum absolute atomic E-state index is 0.0653. The van der Waals surface area contributed by atoms with Crippen molar-refractivity contribution in [1.29, 1.82) is 0 Å². The minimum atomic E-state index is -1.01. The lowest BCUT2D eigenvalue weighted by Gasteiger charge is -2.44.